The molecule has 7 heteroatoms. The lowest BCUT2D eigenvalue weighted by atomic mass is 9.97. The SMILES string of the molecule is CCOC(=O)N1CCN(c2nc(C)cc(NCCC3=CCCCC3)n2)CC1. The van der Waals surface area contributed by atoms with Crippen LogP contribution in [0.15, 0.2) is 17.7 Å². The van der Waals surface area contributed by atoms with Gasteiger partial charge in [-0.05, 0) is 46.0 Å². The zero-order valence-corrected chi connectivity index (χ0v) is 16.5. The molecule has 0 bridgehead atoms. The van der Waals surface area contributed by atoms with Crippen LogP contribution >= 0.6 is 0 Å². The number of amides is 1. The Morgan fingerprint density at radius 3 is 2.74 bits per heavy atom. The van der Waals surface area contributed by atoms with E-state index >= 15 is 0 Å². The van der Waals surface area contributed by atoms with Crippen LogP contribution in [0.1, 0.15) is 44.7 Å². The number of piperazine rings is 1. The first-order valence-electron chi connectivity index (χ1n) is 10.1. The number of nitrogens with zero attached hydrogens (tertiary/aromatic N) is 4. The number of anilines is 2. The summed E-state index contributed by atoms with van der Waals surface area (Å²) in [7, 11) is 0. The van der Waals surface area contributed by atoms with E-state index in [1.54, 1.807) is 10.5 Å². The van der Waals surface area contributed by atoms with Gasteiger partial charge in [0.25, 0.3) is 0 Å². The molecule has 148 valence electrons. The molecule has 27 heavy (non-hydrogen) atoms. The van der Waals surface area contributed by atoms with E-state index < -0.39 is 0 Å². The summed E-state index contributed by atoms with van der Waals surface area (Å²) in [4.78, 5) is 25.0. The molecular formula is C20H31N5O2. The fourth-order valence-corrected chi connectivity index (χ4v) is 3.57. The minimum Gasteiger partial charge on any atom is -0.450 e. The average molecular weight is 374 g/mol. The first kappa shape index (κ1) is 19.5. The van der Waals surface area contributed by atoms with Crippen molar-refractivity contribution in [2.24, 2.45) is 0 Å². The molecule has 2 aliphatic rings. The highest BCUT2D eigenvalue weighted by atomic mass is 16.6. The topological polar surface area (TPSA) is 70.6 Å². The quantitative estimate of drug-likeness (QED) is 0.771. The standard InChI is InChI=1S/C20H31N5O2/c1-3-27-20(26)25-13-11-24(12-14-25)19-22-16(2)15-18(23-19)21-10-9-17-7-5-4-6-8-17/h7,15H,3-6,8-14H2,1-2H3,(H,21,22,23). The second-order valence-electron chi connectivity index (χ2n) is 7.15. The fourth-order valence-electron chi connectivity index (χ4n) is 3.57. The number of hydrogen-bond acceptors (Lipinski definition) is 6. The highest BCUT2D eigenvalue weighted by Gasteiger charge is 2.23. The molecule has 7 nitrogen and oxygen atoms in total. The molecule has 2 heterocycles. The molecule has 1 aliphatic carbocycles. The number of allylic oxidation sites excluding steroid dienone is 1. The second-order valence-corrected chi connectivity index (χ2v) is 7.15. The van der Waals surface area contributed by atoms with E-state index in [9.17, 15) is 4.79 Å². The summed E-state index contributed by atoms with van der Waals surface area (Å²) in [6, 6.07) is 1.99. The largest absolute Gasteiger partial charge is 0.450 e. The van der Waals surface area contributed by atoms with E-state index in [1.165, 1.54) is 25.7 Å². The van der Waals surface area contributed by atoms with Crippen molar-refractivity contribution >= 4 is 17.9 Å². The predicted octanol–water partition coefficient (Wildman–Crippen LogP) is 3.37. The number of aryl methyl sites for hydroxylation is 1. The summed E-state index contributed by atoms with van der Waals surface area (Å²) in [5.41, 5.74) is 2.52. The molecule has 3 rings (SSSR count). The third-order valence-corrected chi connectivity index (χ3v) is 5.07. The minimum absolute atomic E-state index is 0.235. The zero-order valence-electron chi connectivity index (χ0n) is 16.5. The summed E-state index contributed by atoms with van der Waals surface area (Å²) in [5, 5.41) is 3.45. The summed E-state index contributed by atoms with van der Waals surface area (Å²) in [6.45, 7) is 7.83. The van der Waals surface area contributed by atoms with Gasteiger partial charge in [0.2, 0.25) is 5.95 Å². The molecule has 1 aromatic heterocycles. The average Bonchev–Trinajstić information content (AvgIpc) is 2.69. The monoisotopic (exact) mass is 373 g/mol. The molecule has 0 saturated carbocycles. The molecule has 1 amide bonds. The van der Waals surface area contributed by atoms with Crippen molar-refractivity contribution < 1.29 is 9.53 Å². The van der Waals surface area contributed by atoms with E-state index in [0.717, 1.165) is 30.4 Å². The Balaban J connectivity index is 1.54. The van der Waals surface area contributed by atoms with Crippen molar-refractivity contribution in [3.8, 4) is 0 Å². The molecule has 0 spiro atoms. The molecule has 0 radical (unpaired) electrons. The Morgan fingerprint density at radius 2 is 2.04 bits per heavy atom. The maximum atomic E-state index is 11.8. The van der Waals surface area contributed by atoms with E-state index in [4.69, 9.17) is 9.72 Å². The lowest BCUT2D eigenvalue weighted by molar-refractivity contribution is 0.105. The van der Waals surface area contributed by atoms with Crippen LogP contribution in [0, 0.1) is 6.92 Å². The number of nitrogens with one attached hydrogen (secondary N) is 1. The second kappa shape index (κ2) is 9.58. The Hall–Kier alpha value is -2.31. The molecular weight excluding hydrogens is 342 g/mol. The van der Waals surface area contributed by atoms with Gasteiger partial charge in [0.1, 0.15) is 5.82 Å². The van der Waals surface area contributed by atoms with Crippen LogP contribution in [-0.4, -0.2) is 60.3 Å². The molecule has 1 fully saturated rings. The van der Waals surface area contributed by atoms with Gasteiger partial charge < -0.3 is 19.9 Å². The lowest BCUT2D eigenvalue weighted by Gasteiger charge is -2.34. The van der Waals surface area contributed by atoms with Gasteiger partial charge in [-0.2, -0.15) is 4.98 Å². The van der Waals surface area contributed by atoms with E-state index in [-0.39, 0.29) is 6.09 Å². The molecule has 1 aromatic rings. The van der Waals surface area contributed by atoms with Crippen molar-refractivity contribution in [2.45, 2.75) is 46.0 Å². The number of carbonyl (C=O) groups excluding carboxylic acids is 1. The minimum atomic E-state index is -0.235. The van der Waals surface area contributed by atoms with Crippen LogP contribution in [-0.2, 0) is 4.74 Å². The first-order valence-corrected chi connectivity index (χ1v) is 10.1. The highest BCUT2D eigenvalue weighted by Crippen LogP contribution is 2.21. The predicted molar refractivity (Wildman–Crippen MR) is 107 cm³/mol. The molecule has 0 aromatic carbocycles. The van der Waals surface area contributed by atoms with E-state index in [0.29, 0.717) is 32.8 Å². The Bertz CT molecular complexity index is 668. The van der Waals surface area contributed by atoms with Crippen LogP contribution in [0.25, 0.3) is 0 Å². The van der Waals surface area contributed by atoms with Gasteiger partial charge >= 0.3 is 6.09 Å². The number of hydrogen-bond donors (Lipinski definition) is 1. The smallest absolute Gasteiger partial charge is 0.409 e. The summed E-state index contributed by atoms with van der Waals surface area (Å²) < 4.78 is 5.08. The van der Waals surface area contributed by atoms with Crippen molar-refractivity contribution in [3.63, 3.8) is 0 Å². The van der Waals surface area contributed by atoms with Gasteiger partial charge in [-0.3, -0.25) is 0 Å². The number of rotatable bonds is 6. The van der Waals surface area contributed by atoms with Crippen LogP contribution in [0.5, 0.6) is 0 Å². The molecule has 0 atom stereocenters. The van der Waals surface area contributed by atoms with Crippen LogP contribution in [0.2, 0.25) is 0 Å². The number of ether oxygens (including phenoxy) is 1. The van der Waals surface area contributed by atoms with Gasteiger partial charge in [-0.1, -0.05) is 11.6 Å². The van der Waals surface area contributed by atoms with E-state index in [1.807, 2.05) is 19.9 Å². The maximum Gasteiger partial charge on any atom is 0.409 e. The Kier molecular flexibility index (Phi) is 6.90. The first-order chi connectivity index (χ1) is 13.2. The molecule has 1 aliphatic heterocycles. The number of carbonyl (C=O) groups is 1. The van der Waals surface area contributed by atoms with Crippen LogP contribution in [0.3, 0.4) is 0 Å². The van der Waals surface area contributed by atoms with Gasteiger partial charge in [0, 0.05) is 44.5 Å². The molecule has 1 saturated heterocycles. The van der Waals surface area contributed by atoms with Gasteiger partial charge in [0.15, 0.2) is 0 Å². The Morgan fingerprint density at radius 1 is 1.22 bits per heavy atom. The highest BCUT2D eigenvalue weighted by molar-refractivity contribution is 5.68. The fraction of sp³-hybridized carbons (Fsp3) is 0.650. The molecule has 0 unspecified atom stereocenters. The van der Waals surface area contributed by atoms with E-state index in [2.05, 4.69) is 21.3 Å². The molecule has 1 N–H and O–H groups in total. The van der Waals surface area contributed by atoms with Crippen molar-refractivity contribution in [1.82, 2.24) is 14.9 Å². The van der Waals surface area contributed by atoms with Crippen LogP contribution < -0.4 is 10.2 Å². The van der Waals surface area contributed by atoms with Crippen LogP contribution in [0.4, 0.5) is 16.6 Å². The van der Waals surface area contributed by atoms with Gasteiger partial charge in [0.05, 0.1) is 6.61 Å². The Labute approximate surface area is 161 Å². The third-order valence-electron chi connectivity index (χ3n) is 5.07. The van der Waals surface area contributed by atoms with Crippen molar-refractivity contribution in [1.29, 1.82) is 0 Å². The van der Waals surface area contributed by atoms with Crippen molar-refractivity contribution in [2.75, 3.05) is 49.5 Å². The normalized spacial score (nSPS) is 17.5. The zero-order chi connectivity index (χ0) is 19.1. The third kappa shape index (κ3) is 5.58. The summed E-state index contributed by atoms with van der Waals surface area (Å²) >= 11 is 0. The number of aromatic nitrogens is 2. The summed E-state index contributed by atoms with van der Waals surface area (Å²) in [5.74, 6) is 1.61. The van der Waals surface area contributed by atoms with Crippen molar-refractivity contribution in [3.05, 3.63) is 23.4 Å². The summed E-state index contributed by atoms with van der Waals surface area (Å²) in [6.07, 6.45) is 8.35. The van der Waals surface area contributed by atoms with Gasteiger partial charge in [-0.25, -0.2) is 9.78 Å². The lowest BCUT2D eigenvalue weighted by Crippen LogP contribution is -2.49. The maximum absolute atomic E-state index is 11.8. The van der Waals surface area contributed by atoms with Gasteiger partial charge in [-0.15, -0.1) is 0 Å².